The number of hydrogen-bond donors (Lipinski definition) is 0. The molecule has 170 valence electrons. The first kappa shape index (κ1) is 23.2. The highest BCUT2D eigenvalue weighted by Gasteiger charge is 2.59. The number of rotatable bonds is 6. The molecule has 0 saturated carbocycles. The Labute approximate surface area is 198 Å². The maximum Gasteiger partial charge on any atom is 0.160 e. The second-order valence-corrected chi connectivity index (χ2v) is 10.7. The van der Waals surface area contributed by atoms with Crippen LogP contribution in [0.25, 0.3) is 0 Å². The van der Waals surface area contributed by atoms with Gasteiger partial charge in [-0.15, -0.1) is 0 Å². The van der Waals surface area contributed by atoms with Crippen LogP contribution in [0, 0.1) is 5.92 Å². The minimum absolute atomic E-state index is 0.0768. The Morgan fingerprint density at radius 2 is 1.33 bits per heavy atom. The van der Waals surface area contributed by atoms with Gasteiger partial charge in [0.2, 0.25) is 0 Å². The highest BCUT2D eigenvalue weighted by Crippen LogP contribution is 2.60. The van der Waals surface area contributed by atoms with Crippen molar-refractivity contribution in [1.29, 1.82) is 0 Å². The topological polar surface area (TPSA) is 34.1 Å². The molecule has 3 aromatic rings. The summed E-state index contributed by atoms with van der Waals surface area (Å²) in [6.45, 7) is 12.3. The molecule has 33 heavy (non-hydrogen) atoms. The molecule has 0 fully saturated rings. The molecule has 2 heteroatoms. The zero-order valence-electron chi connectivity index (χ0n) is 20.6. The van der Waals surface area contributed by atoms with Crippen LogP contribution in [-0.4, -0.2) is 11.6 Å². The van der Waals surface area contributed by atoms with Crippen molar-refractivity contribution in [2.45, 2.75) is 64.2 Å². The Balaban J connectivity index is 1.93. The van der Waals surface area contributed by atoms with Crippen molar-refractivity contribution in [2.75, 3.05) is 0 Å². The summed E-state index contributed by atoms with van der Waals surface area (Å²) >= 11 is 0. The van der Waals surface area contributed by atoms with Crippen molar-refractivity contribution < 1.29 is 9.59 Å². The van der Waals surface area contributed by atoms with Crippen molar-refractivity contribution in [2.24, 2.45) is 5.92 Å². The van der Waals surface area contributed by atoms with E-state index < -0.39 is 5.41 Å². The van der Waals surface area contributed by atoms with Crippen LogP contribution < -0.4 is 0 Å². The molecule has 0 saturated heterocycles. The van der Waals surface area contributed by atoms with Crippen LogP contribution >= 0.6 is 0 Å². The molecule has 1 aliphatic rings. The maximum absolute atomic E-state index is 13.5. The van der Waals surface area contributed by atoms with E-state index in [1.54, 1.807) is 13.8 Å². The van der Waals surface area contributed by atoms with Crippen molar-refractivity contribution in [1.82, 2.24) is 0 Å². The molecule has 0 bridgehead atoms. The van der Waals surface area contributed by atoms with E-state index in [0.29, 0.717) is 0 Å². The predicted molar refractivity (Wildman–Crippen MR) is 135 cm³/mol. The SMILES string of the molecule is CC(=O)c1ccccc1C(C)(C)CC1(C)c2ccccc2C(C)(c2ccccc2)C1C(C)=O. The normalized spacial score (nSPS) is 24.4. The number of ketones is 2. The van der Waals surface area contributed by atoms with E-state index in [2.05, 4.69) is 82.3 Å². The summed E-state index contributed by atoms with van der Waals surface area (Å²) in [5.41, 5.74) is 4.34. The first-order chi connectivity index (χ1) is 15.5. The Kier molecular flexibility index (Phi) is 5.68. The van der Waals surface area contributed by atoms with E-state index >= 15 is 0 Å². The third-order valence-corrected chi connectivity index (χ3v) is 7.94. The molecule has 0 radical (unpaired) electrons. The Bertz CT molecular complexity index is 1210. The van der Waals surface area contributed by atoms with E-state index in [1.807, 2.05) is 24.3 Å². The van der Waals surface area contributed by atoms with Crippen LogP contribution in [0.5, 0.6) is 0 Å². The fraction of sp³-hybridized carbons (Fsp3) is 0.355. The van der Waals surface area contributed by atoms with Gasteiger partial charge in [-0.05, 0) is 47.9 Å². The molecular formula is C31H34O2. The van der Waals surface area contributed by atoms with Crippen LogP contribution in [0.15, 0.2) is 78.9 Å². The quantitative estimate of drug-likeness (QED) is 0.387. The molecular weight excluding hydrogens is 404 g/mol. The Hall–Kier alpha value is -3.00. The molecule has 0 amide bonds. The van der Waals surface area contributed by atoms with Crippen molar-refractivity contribution >= 4 is 11.6 Å². The largest absolute Gasteiger partial charge is 0.300 e. The van der Waals surface area contributed by atoms with Gasteiger partial charge >= 0.3 is 0 Å². The summed E-state index contributed by atoms with van der Waals surface area (Å²) in [6, 6.07) is 26.9. The second kappa shape index (κ2) is 8.09. The van der Waals surface area contributed by atoms with Gasteiger partial charge in [-0.1, -0.05) is 107 Å². The highest BCUT2D eigenvalue weighted by atomic mass is 16.1. The van der Waals surface area contributed by atoms with Crippen molar-refractivity contribution in [3.05, 3.63) is 107 Å². The molecule has 4 rings (SSSR count). The standard InChI is InChI=1S/C31H34O2/c1-21(32)24-16-10-11-17-25(24)29(3,4)20-30(5)26-18-12-13-19-27(26)31(6,28(30)22(2)33)23-14-8-7-9-15-23/h7-19,28H,20H2,1-6H3. The van der Waals surface area contributed by atoms with Gasteiger partial charge < -0.3 is 0 Å². The summed E-state index contributed by atoms with van der Waals surface area (Å²) in [6.07, 6.45) is 0.758. The molecule has 0 spiro atoms. The number of fused-ring (bicyclic) bond motifs is 1. The maximum atomic E-state index is 13.5. The zero-order valence-corrected chi connectivity index (χ0v) is 20.6. The van der Waals surface area contributed by atoms with Gasteiger partial charge in [0.05, 0.1) is 0 Å². The summed E-state index contributed by atoms with van der Waals surface area (Å²) in [5, 5.41) is 0. The minimum atomic E-state index is -0.422. The van der Waals surface area contributed by atoms with Crippen LogP contribution in [0.2, 0.25) is 0 Å². The van der Waals surface area contributed by atoms with Gasteiger partial charge in [0, 0.05) is 22.3 Å². The highest BCUT2D eigenvalue weighted by molar-refractivity contribution is 5.96. The molecule has 3 atom stereocenters. The molecule has 0 aromatic heterocycles. The number of benzene rings is 3. The molecule has 2 nitrogen and oxygen atoms in total. The van der Waals surface area contributed by atoms with Crippen molar-refractivity contribution in [3.8, 4) is 0 Å². The Morgan fingerprint density at radius 3 is 1.94 bits per heavy atom. The lowest BCUT2D eigenvalue weighted by Crippen LogP contribution is -2.45. The van der Waals surface area contributed by atoms with Gasteiger partial charge in [0.1, 0.15) is 5.78 Å². The lowest BCUT2D eigenvalue weighted by Gasteiger charge is -2.43. The summed E-state index contributed by atoms with van der Waals surface area (Å²) < 4.78 is 0. The number of carbonyl (C=O) groups is 2. The molecule has 3 unspecified atom stereocenters. The first-order valence-corrected chi connectivity index (χ1v) is 11.8. The molecule has 0 aliphatic heterocycles. The van der Waals surface area contributed by atoms with E-state index in [1.165, 1.54) is 16.7 Å². The monoisotopic (exact) mass is 438 g/mol. The summed E-state index contributed by atoms with van der Waals surface area (Å²) in [5.74, 6) is 0.0668. The minimum Gasteiger partial charge on any atom is -0.300 e. The van der Waals surface area contributed by atoms with Crippen LogP contribution in [-0.2, 0) is 21.0 Å². The first-order valence-electron chi connectivity index (χ1n) is 11.8. The second-order valence-electron chi connectivity index (χ2n) is 10.7. The third-order valence-electron chi connectivity index (χ3n) is 7.94. The van der Waals surface area contributed by atoms with Crippen LogP contribution in [0.1, 0.15) is 80.6 Å². The smallest absolute Gasteiger partial charge is 0.160 e. The van der Waals surface area contributed by atoms with Crippen LogP contribution in [0.4, 0.5) is 0 Å². The predicted octanol–water partition coefficient (Wildman–Crippen LogP) is 7.04. The number of carbonyl (C=O) groups excluding carboxylic acids is 2. The number of hydrogen-bond acceptors (Lipinski definition) is 2. The van der Waals surface area contributed by atoms with E-state index in [9.17, 15) is 9.59 Å². The number of Topliss-reactive ketones (excluding diaryl/α,β-unsaturated/α-hetero) is 2. The van der Waals surface area contributed by atoms with E-state index in [-0.39, 0.29) is 28.3 Å². The van der Waals surface area contributed by atoms with Crippen LogP contribution in [0.3, 0.4) is 0 Å². The van der Waals surface area contributed by atoms with E-state index in [4.69, 9.17) is 0 Å². The molecule has 3 aromatic carbocycles. The van der Waals surface area contributed by atoms with Gasteiger partial charge in [-0.3, -0.25) is 9.59 Å². The zero-order chi connectivity index (χ0) is 24.0. The molecule has 0 N–H and O–H groups in total. The van der Waals surface area contributed by atoms with Gasteiger partial charge in [-0.2, -0.15) is 0 Å². The average molecular weight is 439 g/mol. The summed E-state index contributed by atoms with van der Waals surface area (Å²) in [4.78, 5) is 25.9. The lowest BCUT2D eigenvalue weighted by molar-refractivity contribution is -0.124. The fourth-order valence-electron chi connectivity index (χ4n) is 6.93. The fourth-order valence-corrected chi connectivity index (χ4v) is 6.93. The van der Waals surface area contributed by atoms with Crippen molar-refractivity contribution in [3.63, 3.8) is 0 Å². The van der Waals surface area contributed by atoms with E-state index in [0.717, 1.165) is 17.5 Å². The van der Waals surface area contributed by atoms with Gasteiger partial charge in [0.15, 0.2) is 5.78 Å². The third kappa shape index (κ3) is 3.57. The lowest BCUT2D eigenvalue weighted by atomic mass is 9.58. The molecule has 0 heterocycles. The molecule has 1 aliphatic carbocycles. The summed E-state index contributed by atoms with van der Waals surface area (Å²) in [7, 11) is 0. The average Bonchev–Trinajstić information content (AvgIpc) is 2.98. The Morgan fingerprint density at radius 1 is 0.788 bits per heavy atom. The van der Waals surface area contributed by atoms with Gasteiger partial charge in [0.25, 0.3) is 0 Å². The van der Waals surface area contributed by atoms with Gasteiger partial charge in [-0.25, -0.2) is 0 Å².